The van der Waals surface area contributed by atoms with Crippen molar-refractivity contribution in [1.29, 1.82) is 0 Å². The van der Waals surface area contributed by atoms with Crippen molar-refractivity contribution in [2.24, 2.45) is 0 Å². The number of halogens is 2. The van der Waals surface area contributed by atoms with Crippen LogP contribution in [0.25, 0.3) is 0 Å². The summed E-state index contributed by atoms with van der Waals surface area (Å²) in [4.78, 5) is 14.2. The summed E-state index contributed by atoms with van der Waals surface area (Å²) in [5.74, 6) is 1.09. The fourth-order valence-electron chi connectivity index (χ4n) is 3.28. The number of ether oxygens (including phenoxy) is 2. The maximum atomic E-state index is 12.0. The lowest BCUT2D eigenvalue weighted by Gasteiger charge is -2.24. The number of nitrogens with zero attached hydrogens (tertiary/aromatic N) is 1. The lowest BCUT2D eigenvalue weighted by Crippen LogP contribution is -2.46. The van der Waals surface area contributed by atoms with Crippen LogP contribution in [0.3, 0.4) is 0 Å². The molecular weight excluding hydrogens is 427 g/mol. The molecule has 1 aliphatic heterocycles. The van der Waals surface area contributed by atoms with Crippen molar-refractivity contribution in [1.82, 2.24) is 10.2 Å². The zero-order valence-electron chi connectivity index (χ0n) is 16.7. The van der Waals surface area contributed by atoms with Crippen molar-refractivity contribution in [3.05, 3.63) is 58.6 Å². The van der Waals surface area contributed by atoms with Gasteiger partial charge in [0.25, 0.3) is 5.91 Å². The standard InChI is InChI=1S/C22H26Cl2N2O4/c23-17-2-6-19(7-3-17)29-13-1-11-26-12-10-22(28,16-26)15-25-21(27)14-30-20-8-4-18(24)5-9-20/h2-9,28H,1,10-16H2,(H,25,27). The SMILES string of the molecule is O=C(COc1ccc(Cl)cc1)NCC1(O)CCN(CCCOc2ccc(Cl)cc2)C1. The smallest absolute Gasteiger partial charge is 0.258 e. The number of β-amino-alcohol motifs (C(OH)–C–C–N with tert-alkyl or cyclic N) is 1. The number of hydrogen-bond acceptors (Lipinski definition) is 5. The van der Waals surface area contributed by atoms with Gasteiger partial charge in [0.1, 0.15) is 11.5 Å². The van der Waals surface area contributed by atoms with Gasteiger partial charge in [0, 0.05) is 36.2 Å². The maximum absolute atomic E-state index is 12.0. The number of carbonyl (C=O) groups is 1. The average molecular weight is 453 g/mol. The summed E-state index contributed by atoms with van der Waals surface area (Å²) >= 11 is 11.7. The first-order valence-corrected chi connectivity index (χ1v) is 10.7. The van der Waals surface area contributed by atoms with Gasteiger partial charge in [0.2, 0.25) is 0 Å². The number of nitrogens with one attached hydrogen (secondary N) is 1. The Morgan fingerprint density at radius 1 is 1.03 bits per heavy atom. The van der Waals surface area contributed by atoms with E-state index in [2.05, 4.69) is 10.2 Å². The summed E-state index contributed by atoms with van der Waals surface area (Å²) in [5.41, 5.74) is -0.924. The fraction of sp³-hybridized carbons (Fsp3) is 0.409. The van der Waals surface area contributed by atoms with Crippen molar-refractivity contribution < 1.29 is 19.4 Å². The van der Waals surface area contributed by atoms with E-state index in [0.29, 0.717) is 35.4 Å². The van der Waals surface area contributed by atoms with E-state index < -0.39 is 5.60 Å². The molecule has 0 bridgehead atoms. The van der Waals surface area contributed by atoms with E-state index >= 15 is 0 Å². The molecule has 0 radical (unpaired) electrons. The number of benzene rings is 2. The van der Waals surface area contributed by atoms with Gasteiger partial charge in [-0.1, -0.05) is 23.2 Å². The quantitative estimate of drug-likeness (QED) is 0.540. The van der Waals surface area contributed by atoms with E-state index in [1.54, 1.807) is 36.4 Å². The summed E-state index contributed by atoms with van der Waals surface area (Å²) in [6.07, 6.45) is 1.46. The molecule has 2 aromatic rings. The normalized spacial score (nSPS) is 18.9. The molecule has 1 fully saturated rings. The van der Waals surface area contributed by atoms with Crippen molar-refractivity contribution in [2.45, 2.75) is 18.4 Å². The van der Waals surface area contributed by atoms with Crippen LogP contribution in [0, 0.1) is 0 Å². The molecule has 0 aromatic heterocycles. The van der Waals surface area contributed by atoms with E-state index in [1.807, 2.05) is 12.1 Å². The van der Waals surface area contributed by atoms with E-state index in [9.17, 15) is 9.90 Å². The molecule has 1 amide bonds. The van der Waals surface area contributed by atoms with Gasteiger partial charge in [-0.05, 0) is 61.4 Å². The monoisotopic (exact) mass is 452 g/mol. The largest absolute Gasteiger partial charge is 0.494 e. The van der Waals surface area contributed by atoms with Gasteiger partial charge in [-0.2, -0.15) is 0 Å². The van der Waals surface area contributed by atoms with Crippen molar-refractivity contribution in [3.63, 3.8) is 0 Å². The Balaban J connectivity index is 1.30. The number of carbonyl (C=O) groups excluding carboxylic acids is 1. The topological polar surface area (TPSA) is 71.0 Å². The molecular formula is C22H26Cl2N2O4. The van der Waals surface area contributed by atoms with Gasteiger partial charge in [-0.3, -0.25) is 4.79 Å². The van der Waals surface area contributed by atoms with Crippen LogP contribution in [-0.2, 0) is 4.79 Å². The predicted molar refractivity (Wildman–Crippen MR) is 118 cm³/mol. The third-order valence-electron chi connectivity index (χ3n) is 4.91. The Kier molecular flexibility index (Phi) is 8.22. The van der Waals surface area contributed by atoms with Crippen LogP contribution in [0.2, 0.25) is 10.0 Å². The minimum atomic E-state index is -0.924. The lowest BCUT2D eigenvalue weighted by molar-refractivity contribution is -0.124. The Bertz CT molecular complexity index is 817. The highest BCUT2D eigenvalue weighted by Gasteiger charge is 2.35. The summed E-state index contributed by atoms with van der Waals surface area (Å²) in [7, 11) is 0. The van der Waals surface area contributed by atoms with Crippen LogP contribution in [0.15, 0.2) is 48.5 Å². The number of amides is 1. The summed E-state index contributed by atoms with van der Waals surface area (Å²) in [6, 6.07) is 14.1. The summed E-state index contributed by atoms with van der Waals surface area (Å²) < 4.78 is 11.1. The first-order chi connectivity index (χ1) is 14.4. The third-order valence-corrected chi connectivity index (χ3v) is 5.41. The Labute approximate surface area is 186 Å². The molecule has 2 aromatic carbocycles. The number of likely N-dealkylation sites (tertiary alicyclic amines) is 1. The molecule has 0 saturated carbocycles. The van der Waals surface area contributed by atoms with E-state index in [0.717, 1.165) is 25.3 Å². The van der Waals surface area contributed by atoms with Crippen LogP contribution in [0.5, 0.6) is 11.5 Å². The van der Waals surface area contributed by atoms with Gasteiger partial charge >= 0.3 is 0 Å². The minimum absolute atomic E-state index is 0.108. The molecule has 1 aliphatic rings. The summed E-state index contributed by atoms with van der Waals surface area (Å²) in [6.45, 7) is 2.82. The van der Waals surface area contributed by atoms with Crippen LogP contribution in [0.4, 0.5) is 0 Å². The second-order valence-corrected chi connectivity index (χ2v) is 8.30. The third kappa shape index (κ3) is 7.36. The number of aliphatic hydroxyl groups is 1. The molecule has 3 rings (SSSR count). The van der Waals surface area contributed by atoms with Crippen LogP contribution in [0.1, 0.15) is 12.8 Å². The number of hydrogen-bond donors (Lipinski definition) is 2. The molecule has 1 heterocycles. The van der Waals surface area contributed by atoms with E-state index in [-0.39, 0.29) is 19.1 Å². The Morgan fingerprint density at radius 3 is 2.27 bits per heavy atom. The minimum Gasteiger partial charge on any atom is -0.494 e. The van der Waals surface area contributed by atoms with E-state index in [4.69, 9.17) is 32.7 Å². The molecule has 1 saturated heterocycles. The van der Waals surface area contributed by atoms with Gasteiger partial charge in [-0.25, -0.2) is 0 Å². The van der Waals surface area contributed by atoms with Crippen molar-refractivity contribution in [3.8, 4) is 11.5 Å². The zero-order chi connectivity index (χ0) is 21.4. The highest BCUT2D eigenvalue weighted by atomic mass is 35.5. The Morgan fingerprint density at radius 2 is 1.63 bits per heavy atom. The molecule has 1 atom stereocenters. The lowest BCUT2D eigenvalue weighted by atomic mass is 10.0. The predicted octanol–water partition coefficient (Wildman–Crippen LogP) is 3.39. The van der Waals surface area contributed by atoms with E-state index in [1.165, 1.54) is 0 Å². The van der Waals surface area contributed by atoms with Crippen molar-refractivity contribution in [2.75, 3.05) is 39.4 Å². The van der Waals surface area contributed by atoms with Gasteiger partial charge in [-0.15, -0.1) is 0 Å². The van der Waals surface area contributed by atoms with Gasteiger partial charge in [0.15, 0.2) is 6.61 Å². The molecule has 6 nitrogen and oxygen atoms in total. The highest BCUT2D eigenvalue weighted by molar-refractivity contribution is 6.30. The van der Waals surface area contributed by atoms with Gasteiger partial charge < -0.3 is 24.8 Å². The first kappa shape index (κ1) is 22.7. The first-order valence-electron chi connectivity index (χ1n) is 9.90. The highest BCUT2D eigenvalue weighted by Crippen LogP contribution is 2.21. The van der Waals surface area contributed by atoms with Crippen LogP contribution in [-0.4, -0.2) is 60.9 Å². The summed E-state index contributed by atoms with van der Waals surface area (Å²) in [5, 5.41) is 14.8. The maximum Gasteiger partial charge on any atom is 0.258 e. The second kappa shape index (κ2) is 10.9. The average Bonchev–Trinajstić information content (AvgIpc) is 3.12. The van der Waals surface area contributed by atoms with Crippen LogP contribution >= 0.6 is 23.2 Å². The fourth-order valence-corrected chi connectivity index (χ4v) is 3.53. The molecule has 0 spiro atoms. The molecule has 162 valence electrons. The molecule has 8 heteroatoms. The number of rotatable bonds is 10. The molecule has 2 N–H and O–H groups in total. The second-order valence-electron chi connectivity index (χ2n) is 7.43. The molecule has 1 unspecified atom stereocenters. The molecule has 30 heavy (non-hydrogen) atoms. The Hall–Kier alpha value is -1.99. The molecule has 0 aliphatic carbocycles. The zero-order valence-corrected chi connectivity index (χ0v) is 18.2. The van der Waals surface area contributed by atoms with Gasteiger partial charge in [0.05, 0.1) is 12.2 Å². The van der Waals surface area contributed by atoms with Crippen molar-refractivity contribution >= 4 is 29.1 Å². The van der Waals surface area contributed by atoms with Crippen LogP contribution < -0.4 is 14.8 Å².